The molecule has 106 valence electrons. The number of fused-ring (bicyclic) bond motifs is 1. The molecule has 3 nitrogen and oxygen atoms in total. The van der Waals surface area contributed by atoms with Crippen molar-refractivity contribution < 1.29 is 4.74 Å². The highest BCUT2D eigenvalue weighted by atomic mass is 16.5. The predicted molar refractivity (Wildman–Crippen MR) is 86.2 cm³/mol. The van der Waals surface area contributed by atoms with Gasteiger partial charge in [-0.1, -0.05) is 54.6 Å². The van der Waals surface area contributed by atoms with Crippen LogP contribution >= 0.6 is 0 Å². The first kappa shape index (κ1) is 12.8. The molecule has 1 aromatic heterocycles. The van der Waals surface area contributed by atoms with Gasteiger partial charge in [0, 0.05) is 11.8 Å². The van der Waals surface area contributed by atoms with E-state index in [1.807, 2.05) is 54.6 Å². The number of benzene rings is 2. The van der Waals surface area contributed by atoms with E-state index in [-0.39, 0.29) is 6.10 Å². The van der Waals surface area contributed by atoms with Gasteiger partial charge in [0.1, 0.15) is 5.69 Å². The number of hydrogen-bond donors (Lipinski definition) is 0. The zero-order valence-electron chi connectivity index (χ0n) is 11.9. The first-order valence-electron chi connectivity index (χ1n) is 7.22. The summed E-state index contributed by atoms with van der Waals surface area (Å²) >= 11 is 0. The minimum absolute atomic E-state index is 0.160. The van der Waals surface area contributed by atoms with Crippen LogP contribution in [0.2, 0.25) is 0 Å². The maximum absolute atomic E-state index is 6.17. The molecule has 0 spiro atoms. The third-order valence-corrected chi connectivity index (χ3v) is 3.66. The van der Waals surface area contributed by atoms with Gasteiger partial charge in [-0.05, 0) is 23.8 Å². The van der Waals surface area contributed by atoms with Crippen LogP contribution in [-0.4, -0.2) is 10.9 Å². The number of aliphatic imine (C=N–C) groups is 1. The van der Waals surface area contributed by atoms with Gasteiger partial charge in [-0.25, -0.2) is 4.99 Å². The summed E-state index contributed by atoms with van der Waals surface area (Å²) in [5.41, 5.74) is 3.87. The minimum atomic E-state index is -0.160. The number of rotatable bonds is 2. The number of pyridine rings is 1. The SMILES string of the molecule is c1ccc(C2OC(c3ccccn3)=Nc3ccccc32)cc1. The van der Waals surface area contributed by atoms with Crippen molar-refractivity contribution >= 4 is 11.6 Å². The van der Waals surface area contributed by atoms with E-state index in [1.54, 1.807) is 6.20 Å². The molecule has 0 N–H and O–H groups in total. The monoisotopic (exact) mass is 286 g/mol. The molecule has 1 aliphatic heterocycles. The molecule has 1 atom stereocenters. The third-order valence-electron chi connectivity index (χ3n) is 3.66. The molecule has 22 heavy (non-hydrogen) atoms. The molecule has 0 bridgehead atoms. The number of hydrogen-bond acceptors (Lipinski definition) is 3. The van der Waals surface area contributed by atoms with E-state index >= 15 is 0 Å². The van der Waals surface area contributed by atoms with Gasteiger partial charge in [-0.15, -0.1) is 0 Å². The Morgan fingerprint density at radius 2 is 1.55 bits per heavy atom. The quantitative estimate of drug-likeness (QED) is 0.704. The second kappa shape index (κ2) is 5.45. The van der Waals surface area contributed by atoms with Gasteiger partial charge in [0.25, 0.3) is 0 Å². The van der Waals surface area contributed by atoms with Crippen molar-refractivity contribution in [1.29, 1.82) is 0 Å². The lowest BCUT2D eigenvalue weighted by molar-refractivity contribution is 0.228. The average molecular weight is 286 g/mol. The highest BCUT2D eigenvalue weighted by molar-refractivity contribution is 5.95. The zero-order valence-corrected chi connectivity index (χ0v) is 11.9. The fraction of sp³-hybridized carbons (Fsp3) is 0.0526. The Hall–Kier alpha value is -2.94. The van der Waals surface area contributed by atoms with E-state index in [9.17, 15) is 0 Å². The van der Waals surface area contributed by atoms with Crippen LogP contribution in [0.1, 0.15) is 22.9 Å². The van der Waals surface area contributed by atoms with Crippen molar-refractivity contribution in [3.8, 4) is 0 Å². The van der Waals surface area contributed by atoms with Gasteiger partial charge in [-0.3, -0.25) is 4.98 Å². The topological polar surface area (TPSA) is 34.5 Å². The largest absolute Gasteiger partial charge is 0.463 e. The lowest BCUT2D eigenvalue weighted by Crippen LogP contribution is -2.18. The number of aromatic nitrogens is 1. The summed E-state index contributed by atoms with van der Waals surface area (Å²) in [6.45, 7) is 0. The van der Waals surface area contributed by atoms with E-state index in [0.717, 1.165) is 22.5 Å². The zero-order chi connectivity index (χ0) is 14.8. The van der Waals surface area contributed by atoms with E-state index in [2.05, 4.69) is 28.2 Å². The van der Waals surface area contributed by atoms with Gasteiger partial charge in [0.05, 0.1) is 5.69 Å². The Morgan fingerprint density at radius 1 is 0.773 bits per heavy atom. The lowest BCUT2D eigenvalue weighted by Gasteiger charge is -2.26. The first-order chi connectivity index (χ1) is 10.9. The average Bonchev–Trinajstić information content (AvgIpc) is 2.62. The van der Waals surface area contributed by atoms with Crippen LogP contribution in [0.25, 0.3) is 0 Å². The second-order valence-corrected chi connectivity index (χ2v) is 5.10. The Bertz CT molecular complexity index is 813. The Labute approximate surface area is 128 Å². The molecule has 4 rings (SSSR count). The van der Waals surface area contributed by atoms with Crippen molar-refractivity contribution in [2.45, 2.75) is 6.10 Å². The number of nitrogens with zero attached hydrogens (tertiary/aromatic N) is 2. The van der Waals surface area contributed by atoms with Crippen LogP contribution in [0, 0.1) is 0 Å². The number of ether oxygens (including phenoxy) is 1. The van der Waals surface area contributed by atoms with Crippen molar-refractivity contribution in [2.75, 3.05) is 0 Å². The minimum Gasteiger partial charge on any atom is -0.463 e. The van der Waals surface area contributed by atoms with Crippen LogP contribution in [0.4, 0.5) is 5.69 Å². The molecule has 2 aromatic carbocycles. The van der Waals surface area contributed by atoms with E-state index in [4.69, 9.17) is 4.74 Å². The standard InChI is InChI=1S/C19H14N2O/c1-2-8-14(9-3-1)18-15-10-4-5-11-16(15)21-19(22-18)17-12-6-7-13-20-17/h1-13,18H. The Kier molecular flexibility index (Phi) is 3.16. The van der Waals surface area contributed by atoms with Crippen LogP contribution < -0.4 is 0 Å². The summed E-state index contributed by atoms with van der Waals surface area (Å²) in [7, 11) is 0. The Morgan fingerprint density at radius 3 is 2.36 bits per heavy atom. The summed E-state index contributed by atoms with van der Waals surface area (Å²) in [6, 6.07) is 24.0. The fourth-order valence-corrected chi connectivity index (χ4v) is 2.60. The molecule has 2 heterocycles. The van der Waals surface area contributed by atoms with Crippen molar-refractivity contribution in [3.63, 3.8) is 0 Å². The summed E-state index contributed by atoms with van der Waals surface area (Å²) in [4.78, 5) is 8.97. The Balaban J connectivity index is 1.84. The van der Waals surface area contributed by atoms with Crippen LogP contribution in [-0.2, 0) is 4.74 Å². The van der Waals surface area contributed by atoms with Gasteiger partial charge < -0.3 is 4.74 Å². The second-order valence-electron chi connectivity index (χ2n) is 5.10. The maximum Gasteiger partial charge on any atom is 0.241 e. The van der Waals surface area contributed by atoms with Crippen LogP contribution in [0.5, 0.6) is 0 Å². The van der Waals surface area contributed by atoms with E-state index in [0.29, 0.717) is 5.90 Å². The molecule has 0 aliphatic carbocycles. The summed E-state index contributed by atoms with van der Waals surface area (Å²) in [6.07, 6.45) is 1.59. The van der Waals surface area contributed by atoms with Crippen molar-refractivity contribution in [3.05, 3.63) is 95.8 Å². The molecule has 0 saturated carbocycles. The molecule has 0 fully saturated rings. The van der Waals surface area contributed by atoms with Gasteiger partial charge >= 0.3 is 0 Å². The van der Waals surface area contributed by atoms with Crippen molar-refractivity contribution in [1.82, 2.24) is 4.98 Å². The molecule has 0 amide bonds. The molecule has 1 unspecified atom stereocenters. The highest BCUT2D eigenvalue weighted by Gasteiger charge is 2.26. The molecule has 0 radical (unpaired) electrons. The molecule has 1 aliphatic rings. The third kappa shape index (κ3) is 2.27. The van der Waals surface area contributed by atoms with Gasteiger partial charge in [0.15, 0.2) is 6.10 Å². The molecular weight excluding hydrogens is 272 g/mol. The molecule has 3 aromatic rings. The van der Waals surface area contributed by atoms with E-state index < -0.39 is 0 Å². The van der Waals surface area contributed by atoms with Crippen molar-refractivity contribution in [2.24, 2.45) is 4.99 Å². The normalized spacial score (nSPS) is 16.4. The predicted octanol–water partition coefficient (Wildman–Crippen LogP) is 4.28. The summed E-state index contributed by atoms with van der Waals surface area (Å²) in [5.74, 6) is 0.563. The summed E-state index contributed by atoms with van der Waals surface area (Å²) < 4.78 is 6.17. The highest BCUT2D eigenvalue weighted by Crippen LogP contribution is 2.37. The van der Waals surface area contributed by atoms with Crippen LogP contribution in [0.3, 0.4) is 0 Å². The van der Waals surface area contributed by atoms with Gasteiger partial charge in [0.2, 0.25) is 5.90 Å². The number of para-hydroxylation sites is 1. The lowest BCUT2D eigenvalue weighted by atomic mass is 9.99. The van der Waals surface area contributed by atoms with Crippen LogP contribution in [0.15, 0.2) is 84.0 Å². The first-order valence-corrected chi connectivity index (χ1v) is 7.22. The fourth-order valence-electron chi connectivity index (χ4n) is 2.60. The van der Waals surface area contributed by atoms with Gasteiger partial charge in [-0.2, -0.15) is 0 Å². The smallest absolute Gasteiger partial charge is 0.241 e. The molecule has 3 heteroatoms. The molecule has 0 saturated heterocycles. The van der Waals surface area contributed by atoms with E-state index in [1.165, 1.54) is 0 Å². The molecular formula is C19H14N2O. The maximum atomic E-state index is 6.17. The summed E-state index contributed by atoms with van der Waals surface area (Å²) in [5, 5.41) is 0.